The van der Waals surface area contributed by atoms with Crippen LogP contribution in [-0.2, 0) is 15.8 Å². The molecular formula is C22H17ClF3NO5S2. The zero-order chi connectivity index (χ0) is 25.2. The number of rotatable bonds is 7. The summed E-state index contributed by atoms with van der Waals surface area (Å²) in [5, 5.41) is 9.06. The number of benzene rings is 2. The number of amides is 1. The van der Waals surface area contributed by atoms with Gasteiger partial charge in [-0.2, -0.15) is 13.2 Å². The molecule has 1 aliphatic heterocycles. The van der Waals surface area contributed by atoms with Crippen LogP contribution in [0.2, 0.25) is 5.02 Å². The van der Waals surface area contributed by atoms with Crippen molar-refractivity contribution in [3.8, 4) is 11.5 Å². The van der Waals surface area contributed by atoms with Crippen LogP contribution in [0.1, 0.15) is 24.5 Å². The van der Waals surface area contributed by atoms with Gasteiger partial charge in [-0.05, 0) is 48.4 Å². The molecule has 1 saturated heterocycles. The molecule has 0 bridgehead atoms. The van der Waals surface area contributed by atoms with Gasteiger partial charge in [-0.25, -0.2) is 4.79 Å². The molecule has 1 amide bonds. The van der Waals surface area contributed by atoms with Gasteiger partial charge in [0.15, 0.2) is 21.9 Å². The molecule has 34 heavy (non-hydrogen) atoms. The number of methoxy groups -OCH3 is 1. The molecule has 0 radical (unpaired) electrons. The van der Waals surface area contributed by atoms with Gasteiger partial charge >= 0.3 is 12.1 Å². The summed E-state index contributed by atoms with van der Waals surface area (Å²) >= 11 is 11.8. The number of anilines is 1. The Hall–Kier alpha value is -2.76. The maximum absolute atomic E-state index is 13.5. The molecule has 0 aromatic heterocycles. The van der Waals surface area contributed by atoms with Crippen molar-refractivity contribution >= 4 is 63.5 Å². The lowest BCUT2D eigenvalue weighted by atomic mass is 10.1. The van der Waals surface area contributed by atoms with Crippen LogP contribution in [0.4, 0.5) is 18.9 Å². The number of alkyl halides is 3. The van der Waals surface area contributed by atoms with Crippen molar-refractivity contribution in [2.75, 3.05) is 12.0 Å². The zero-order valence-electron chi connectivity index (χ0n) is 17.7. The second-order valence-electron chi connectivity index (χ2n) is 6.94. The summed E-state index contributed by atoms with van der Waals surface area (Å²) in [6.07, 6.45) is -4.14. The van der Waals surface area contributed by atoms with Crippen molar-refractivity contribution in [2.24, 2.45) is 0 Å². The lowest BCUT2D eigenvalue weighted by Crippen LogP contribution is -2.29. The normalized spacial score (nSPS) is 16.2. The molecule has 1 aliphatic rings. The first kappa shape index (κ1) is 25.9. The average molecular weight is 532 g/mol. The number of hydrogen-bond acceptors (Lipinski definition) is 6. The van der Waals surface area contributed by atoms with Crippen molar-refractivity contribution in [3.05, 3.63) is 57.5 Å². The monoisotopic (exact) mass is 531 g/mol. The van der Waals surface area contributed by atoms with Crippen molar-refractivity contribution < 1.29 is 37.3 Å². The number of thiocarbonyl (C=S) groups is 1. The third-order valence-corrected chi connectivity index (χ3v) is 6.24. The summed E-state index contributed by atoms with van der Waals surface area (Å²) < 4.78 is 51.3. The first-order chi connectivity index (χ1) is 16.0. The third-order valence-electron chi connectivity index (χ3n) is 4.70. The first-order valence-corrected chi connectivity index (χ1v) is 11.3. The fourth-order valence-corrected chi connectivity index (χ4v) is 4.55. The fraction of sp³-hybridized carbons (Fsp3) is 0.227. The third kappa shape index (κ3) is 5.48. The van der Waals surface area contributed by atoms with E-state index in [9.17, 15) is 27.9 Å². The Balaban J connectivity index is 1.94. The highest BCUT2D eigenvalue weighted by Crippen LogP contribution is 2.43. The molecule has 12 heteroatoms. The van der Waals surface area contributed by atoms with Crippen LogP contribution >= 0.6 is 35.6 Å². The summed E-state index contributed by atoms with van der Waals surface area (Å²) in [5.74, 6) is -1.44. The van der Waals surface area contributed by atoms with Crippen LogP contribution in [-0.4, -0.2) is 34.5 Å². The lowest BCUT2D eigenvalue weighted by molar-refractivity contribution is -0.145. The van der Waals surface area contributed by atoms with Crippen LogP contribution < -0.4 is 14.4 Å². The summed E-state index contributed by atoms with van der Waals surface area (Å²) in [6.45, 7) is 1.66. The molecule has 3 rings (SSSR count). The number of carbonyl (C=O) groups is 2. The Morgan fingerprint density at radius 1 is 1.26 bits per heavy atom. The molecule has 1 heterocycles. The van der Waals surface area contributed by atoms with E-state index >= 15 is 0 Å². The van der Waals surface area contributed by atoms with Gasteiger partial charge in [0.2, 0.25) is 0 Å². The molecule has 2 aromatic rings. The number of aliphatic carboxylic acids is 1. The molecule has 1 atom stereocenters. The Kier molecular flexibility index (Phi) is 7.79. The van der Waals surface area contributed by atoms with E-state index < -0.39 is 35.4 Å². The van der Waals surface area contributed by atoms with E-state index in [0.29, 0.717) is 5.56 Å². The standard InChI is InChI=1S/C22H17ClF3NO5S2/c1-3-15(20(29)30)32-16-7-4-11(8-17(16)31-2)9-18-19(28)27(21(33)34-18)14-6-5-12(23)10-13(14)22(24,25)26/h4-10,15H,3H2,1-2H3,(H,29,30)/b18-9+. The van der Waals surface area contributed by atoms with Gasteiger partial charge < -0.3 is 14.6 Å². The minimum atomic E-state index is -4.75. The lowest BCUT2D eigenvalue weighted by Gasteiger charge is -2.20. The van der Waals surface area contributed by atoms with E-state index in [-0.39, 0.29) is 32.2 Å². The van der Waals surface area contributed by atoms with Crippen molar-refractivity contribution in [1.82, 2.24) is 0 Å². The predicted molar refractivity (Wildman–Crippen MR) is 127 cm³/mol. The van der Waals surface area contributed by atoms with Crippen LogP contribution in [0, 0.1) is 0 Å². The maximum Gasteiger partial charge on any atom is 0.418 e. The molecule has 0 saturated carbocycles. The second kappa shape index (κ2) is 10.2. The smallest absolute Gasteiger partial charge is 0.418 e. The maximum atomic E-state index is 13.5. The SMILES string of the molecule is CCC(Oc1ccc(/C=C2/SC(=S)N(c3ccc(Cl)cc3C(F)(F)F)C2=O)cc1OC)C(=O)O. The second-order valence-corrected chi connectivity index (χ2v) is 9.05. The largest absolute Gasteiger partial charge is 0.493 e. The highest BCUT2D eigenvalue weighted by Gasteiger charge is 2.41. The molecule has 1 N–H and O–H groups in total. The Morgan fingerprint density at radius 3 is 2.56 bits per heavy atom. The summed E-state index contributed by atoms with van der Waals surface area (Å²) in [5.41, 5.74) is -1.02. The van der Waals surface area contributed by atoms with E-state index in [4.69, 9.17) is 33.3 Å². The van der Waals surface area contributed by atoms with Gasteiger partial charge in [-0.1, -0.05) is 48.6 Å². The van der Waals surface area contributed by atoms with E-state index in [0.717, 1.165) is 28.8 Å². The Labute approximate surface area is 207 Å². The van der Waals surface area contributed by atoms with Crippen molar-refractivity contribution in [2.45, 2.75) is 25.6 Å². The number of hydrogen-bond donors (Lipinski definition) is 1. The van der Waals surface area contributed by atoms with Gasteiger partial charge in [-0.15, -0.1) is 0 Å². The van der Waals surface area contributed by atoms with E-state index in [1.54, 1.807) is 13.0 Å². The highest BCUT2D eigenvalue weighted by atomic mass is 35.5. The molecule has 0 aliphatic carbocycles. The number of carbonyl (C=O) groups excluding carboxylic acids is 1. The highest BCUT2D eigenvalue weighted by molar-refractivity contribution is 8.27. The van der Waals surface area contributed by atoms with E-state index in [2.05, 4.69) is 0 Å². The molecule has 6 nitrogen and oxygen atoms in total. The molecule has 180 valence electrons. The summed E-state index contributed by atoms with van der Waals surface area (Å²) in [7, 11) is 1.37. The van der Waals surface area contributed by atoms with Crippen LogP contribution in [0.3, 0.4) is 0 Å². The number of ether oxygens (including phenoxy) is 2. The predicted octanol–water partition coefficient (Wildman–Crippen LogP) is 6.02. The van der Waals surface area contributed by atoms with Crippen molar-refractivity contribution in [1.29, 1.82) is 0 Å². The van der Waals surface area contributed by atoms with Gasteiger partial charge in [0, 0.05) is 5.02 Å². The molecule has 1 fully saturated rings. The Morgan fingerprint density at radius 2 is 1.97 bits per heavy atom. The number of thioether (sulfide) groups is 1. The minimum Gasteiger partial charge on any atom is -0.493 e. The topological polar surface area (TPSA) is 76.1 Å². The van der Waals surface area contributed by atoms with E-state index in [1.807, 2.05) is 0 Å². The van der Waals surface area contributed by atoms with Crippen molar-refractivity contribution in [3.63, 3.8) is 0 Å². The Bertz CT molecular complexity index is 1190. The molecule has 0 spiro atoms. The zero-order valence-corrected chi connectivity index (χ0v) is 20.1. The van der Waals surface area contributed by atoms with Gasteiger partial charge in [0.25, 0.3) is 5.91 Å². The minimum absolute atomic E-state index is 0.0664. The number of carboxylic acid groups (broad SMARTS) is 1. The number of carboxylic acids is 1. The van der Waals surface area contributed by atoms with Crippen LogP contribution in [0.25, 0.3) is 6.08 Å². The number of nitrogens with zero attached hydrogens (tertiary/aromatic N) is 1. The molecule has 2 aromatic carbocycles. The first-order valence-electron chi connectivity index (χ1n) is 9.68. The fourth-order valence-electron chi connectivity index (χ4n) is 3.09. The van der Waals surface area contributed by atoms with Gasteiger partial charge in [0.1, 0.15) is 0 Å². The van der Waals surface area contributed by atoms with Gasteiger partial charge in [0.05, 0.1) is 23.3 Å². The summed E-state index contributed by atoms with van der Waals surface area (Å²) in [4.78, 5) is 25.1. The molecular weight excluding hydrogens is 515 g/mol. The van der Waals surface area contributed by atoms with E-state index in [1.165, 1.54) is 31.4 Å². The average Bonchev–Trinajstić information content (AvgIpc) is 3.04. The van der Waals surface area contributed by atoms with Crippen LogP contribution in [0.15, 0.2) is 41.3 Å². The number of halogens is 4. The van der Waals surface area contributed by atoms with Gasteiger partial charge in [-0.3, -0.25) is 9.69 Å². The molecule has 1 unspecified atom stereocenters. The quantitative estimate of drug-likeness (QED) is 0.346. The summed E-state index contributed by atoms with van der Waals surface area (Å²) in [6, 6.07) is 7.64. The van der Waals surface area contributed by atoms with Crippen LogP contribution in [0.5, 0.6) is 11.5 Å².